The summed E-state index contributed by atoms with van der Waals surface area (Å²) in [7, 11) is 1.66. The monoisotopic (exact) mass is 414 g/mol. The zero-order valence-corrected chi connectivity index (χ0v) is 17.0. The number of rotatable bonds is 4. The molecule has 0 bridgehead atoms. The van der Waals surface area contributed by atoms with Crippen molar-refractivity contribution >= 4 is 29.3 Å². The second-order valence-electron chi connectivity index (χ2n) is 6.87. The summed E-state index contributed by atoms with van der Waals surface area (Å²) >= 11 is 6.26. The quantitative estimate of drug-likeness (QED) is 0.717. The number of hydrogen-bond acceptors (Lipinski definition) is 5. The maximum Gasteiger partial charge on any atom is 0.246 e. The van der Waals surface area contributed by atoms with Crippen molar-refractivity contribution in [1.82, 2.24) is 4.90 Å². The summed E-state index contributed by atoms with van der Waals surface area (Å²) in [5.74, 6) is 2.00. The lowest BCUT2D eigenvalue weighted by atomic mass is 10.1. The molecule has 0 radical (unpaired) electrons. The molecule has 1 saturated heterocycles. The Hall–Kier alpha value is -2.86. The molecular weight excluding hydrogens is 392 g/mol. The van der Waals surface area contributed by atoms with Crippen LogP contribution in [-0.2, 0) is 4.79 Å². The Morgan fingerprint density at radius 3 is 2.69 bits per heavy atom. The van der Waals surface area contributed by atoms with E-state index in [0.29, 0.717) is 42.8 Å². The van der Waals surface area contributed by atoms with Crippen LogP contribution in [0.1, 0.15) is 5.56 Å². The van der Waals surface area contributed by atoms with Gasteiger partial charge in [0.1, 0.15) is 19.0 Å². The molecule has 2 aromatic rings. The highest BCUT2D eigenvalue weighted by Gasteiger charge is 2.20. The summed E-state index contributed by atoms with van der Waals surface area (Å²) in [4.78, 5) is 16.7. The third-order valence-corrected chi connectivity index (χ3v) is 5.33. The Kier molecular flexibility index (Phi) is 5.81. The number of piperazine rings is 1. The number of anilines is 1. The average Bonchev–Trinajstić information content (AvgIpc) is 2.77. The Balaban J connectivity index is 1.37. The maximum atomic E-state index is 12.6. The molecule has 0 N–H and O–H groups in total. The second-order valence-corrected chi connectivity index (χ2v) is 7.28. The summed E-state index contributed by atoms with van der Waals surface area (Å²) in [6.45, 7) is 3.88. The molecule has 1 amide bonds. The number of fused-ring (bicyclic) bond motifs is 1. The Labute approximate surface area is 175 Å². The molecule has 0 aromatic heterocycles. The number of amides is 1. The topological polar surface area (TPSA) is 51.2 Å². The van der Waals surface area contributed by atoms with Crippen LogP contribution in [0.4, 0.5) is 5.69 Å². The minimum atomic E-state index is -0.0127. The Bertz CT molecular complexity index is 923. The number of benzene rings is 2. The fourth-order valence-corrected chi connectivity index (χ4v) is 3.77. The Morgan fingerprint density at radius 2 is 1.90 bits per heavy atom. The first kappa shape index (κ1) is 19.5. The molecule has 0 spiro atoms. The predicted octanol–water partition coefficient (Wildman–Crippen LogP) is 3.48. The first-order chi connectivity index (χ1) is 14.1. The molecule has 152 valence electrons. The van der Waals surface area contributed by atoms with Crippen LogP contribution in [-0.4, -0.2) is 57.3 Å². The van der Waals surface area contributed by atoms with E-state index in [-0.39, 0.29) is 5.91 Å². The van der Waals surface area contributed by atoms with Crippen molar-refractivity contribution in [2.45, 2.75) is 0 Å². The van der Waals surface area contributed by atoms with E-state index in [9.17, 15) is 4.79 Å². The third-order valence-electron chi connectivity index (χ3n) is 5.05. The highest BCUT2D eigenvalue weighted by Crippen LogP contribution is 2.38. The van der Waals surface area contributed by atoms with Crippen LogP contribution in [0.3, 0.4) is 0 Å². The van der Waals surface area contributed by atoms with Gasteiger partial charge >= 0.3 is 0 Å². The lowest BCUT2D eigenvalue weighted by Crippen LogP contribution is -2.48. The van der Waals surface area contributed by atoms with Crippen LogP contribution < -0.4 is 19.1 Å². The standard InChI is InChI=1S/C22H23ClN2O4/c1-27-18-4-2-3-17(15-18)24-7-9-25(10-8-24)21(26)6-5-16-13-19(23)22-20(14-16)28-11-12-29-22/h2-6,13-15H,7-12H2,1H3/b6-5+. The number of halogens is 1. The summed E-state index contributed by atoms with van der Waals surface area (Å²) in [6.07, 6.45) is 3.35. The van der Waals surface area contributed by atoms with E-state index < -0.39 is 0 Å². The third kappa shape index (κ3) is 4.43. The van der Waals surface area contributed by atoms with Crippen LogP contribution in [0.5, 0.6) is 17.2 Å². The van der Waals surface area contributed by atoms with E-state index >= 15 is 0 Å². The SMILES string of the molecule is COc1cccc(N2CCN(C(=O)/C=C/c3cc(Cl)c4c(c3)OCCO4)CC2)c1. The van der Waals surface area contributed by atoms with Gasteiger partial charge in [0, 0.05) is 44.0 Å². The van der Waals surface area contributed by atoms with Crippen molar-refractivity contribution in [2.24, 2.45) is 0 Å². The largest absolute Gasteiger partial charge is 0.497 e. The van der Waals surface area contributed by atoms with Gasteiger partial charge in [0.2, 0.25) is 5.91 Å². The number of nitrogens with zero attached hydrogens (tertiary/aromatic N) is 2. The van der Waals surface area contributed by atoms with Gasteiger partial charge in [-0.1, -0.05) is 17.7 Å². The van der Waals surface area contributed by atoms with E-state index in [1.165, 1.54) is 0 Å². The summed E-state index contributed by atoms with van der Waals surface area (Å²) in [5, 5.41) is 0.487. The van der Waals surface area contributed by atoms with Crippen LogP contribution in [0, 0.1) is 0 Å². The van der Waals surface area contributed by atoms with Gasteiger partial charge in [-0.25, -0.2) is 0 Å². The lowest BCUT2D eigenvalue weighted by Gasteiger charge is -2.35. The van der Waals surface area contributed by atoms with Crippen molar-refractivity contribution in [3.63, 3.8) is 0 Å². The molecule has 1 fully saturated rings. The van der Waals surface area contributed by atoms with E-state index in [2.05, 4.69) is 11.0 Å². The van der Waals surface area contributed by atoms with Crippen LogP contribution >= 0.6 is 11.6 Å². The van der Waals surface area contributed by atoms with Crippen molar-refractivity contribution in [2.75, 3.05) is 51.4 Å². The number of methoxy groups -OCH3 is 1. The summed E-state index contributed by atoms with van der Waals surface area (Å²) < 4.78 is 16.4. The number of carbonyl (C=O) groups is 1. The molecule has 7 heteroatoms. The molecule has 6 nitrogen and oxygen atoms in total. The minimum Gasteiger partial charge on any atom is -0.497 e. The van der Waals surface area contributed by atoms with Gasteiger partial charge in [-0.15, -0.1) is 0 Å². The van der Waals surface area contributed by atoms with Crippen LogP contribution in [0.25, 0.3) is 6.08 Å². The average molecular weight is 415 g/mol. The molecule has 0 saturated carbocycles. The van der Waals surface area contributed by atoms with Gasteiger partial charge < -0.3 is 24.0 Å². The molecule has 2 aliphatic rings. The molecule has 0 atom stereocenters. The molecule has 29 heavy (non-hydrogen) atoms. The van der Waals surface area contributed by atoms with E-state index in [0.717, 1.165) is 30.1 Å². The molecule has 4 rings (SSSR count). The summed E-state index contributed by atoms with van der Waals surface area (Å²) in [5.41, 5.74) is 1.92. The molecule has 2 aliphatic heterocycles. The maximum absolute atomic E-state index is 12.6. The molecule has 0 aliphatic carbocycles. The zero-order chi connectivity index (χ0) is 20.2. The fourth-order valence-electron chi connectivity index (χ4n) is 3.49. The minimum absolute atomic E-state index is 0.0127. The van der Waals surface area contributed by atoms with Crippen molar-refractivity contribution in [3.05, 3.63) is 53.1 Å². The van der Waals surface area contributed by atoms with Gasteiger partial charge in [0.15, 0.2) is 11.5 Å². The summed E-state index contributed by atoms with van der Waals surface area (Å²) in [6, 6.07) is 11.6. The smallest absolute Gasteiger partial charge is 0.246 e. The predicted molar refractivity (Wildman–Crippen MR) is 113 cm³/mol. The van der Waals surface area contributed by atoms with Crippen molar-refractivity contribution in [1.29, 1.82) is 0 Å². The highest BCUT2D eigenvalue weighted by molar-refractivity contribution is 6.32. The van der Waals surface area contributed by atoms with Crippen molar-refractivity contribution in [3.8, 4) is 17.2 Å². The first-order valence-corrected chi connectivity index (χ1v) is 9.97. The normalized spacial score (nSPS) is 16.2. The van der Waals surface area contributed by atoms with E-state index in [4.69, 9.17) is 25.8 Å². The Morgan fingerprint density at radius 1 is 1.10 bits per heavy atom. The molecular formula is C22H23ClN2O4. The number of hydrogen-bond donors (Lipinski definition) is 0. The van der Waals surface area contributed by atoms with Gasteiger partial charge in [-0.05, 0) is 35.9 Å². The van der Waals surface area contributed by atoms with Crippen LogP contribution in [0.2, 0.25) is 5.02 Å². The first-order valence-electron chi connectivity index (χ1n) is 9.59. The van der Waals surface area contributed by atoms with E-state index in [1.807, 2.05) is 29.2 Å². The number of ether oxygens (including phenoxy) is 3. The van der Waals surface area contributed by atoms with Gasteiger partial charge in [0.25, 0.3) is 0 Å². The fraction of sp³-hybridized carbons (Fsp3) is 0.318. The molecule has 0 unspecified atom stereocenters. The highest BCUT2D eigenvalue weighted by atomic mass is 35.5. The van der Waals surface area contributed by atoms with Crippen LogP contribution in [0.15, 0.2) is 42.5 Å². The van der Waals surface area contributed by atoms with Crippen molar-refractivity contribution < 1.29 is 19.0 Å². The van der Waals surface area contributed by atoms with E-state index in [1.54, 1.807) is 25.3 Å². The number of carbonyl (C=O) groups excluding carboxylic acids is 1. The van der Waals surface area contributed by atoms with Gasteiger partial charge in [-0.3, -0.25) is 4.79 Å². The molecule has 2 heterocycles. The lowest BCUT2D eigenvalue weighted by molar-refractivity contribution is -0.126. The second kappa shape index (κ2) is 8.66. The zero-order valence-electron chi connectivity index (χ0n) is 16.3. The molecule has 2 aromatic carbocycles. The van der Waals surface area contributed by atoms with Gasteiger partial charge in [-0.2, -0.15) is 0 Å². The van der Waals surface area contributed by atoms with Gasteiger partial charge in [0.05, 0.1) is 12.1 Å².